The summed E-state index contributed by atoms with van der Waals surface area (Å²) in [6.45, 7) is 2.50. The lowest BCUT2D eigenvalue weighted by atomic mass is 9.97. The topological polar surface area (TPSA) is 228 Å². The molecule has 0 aromatic heterocycles. The van der Waals surface area contributed by atoms with Gasteiger partial charge in [-0.25, -0.2) is 0 Å². The summed E-state index contributed by atoms with van der Waals surface area (Å²) in [7, 11) is 0. The zero-order valence-electron chi connectivity index (χ0n) is 33.6. The first-order valence-electron chi connectivity index (χ1n) is 20.9. The molecule has 2 aliphatic rings. The van der Waals surface area contributed by atoms with Crippen LogP contribution in [0.3, 0.4) is 0 Å². The summed E-state index contributed by atoms with van der Waals surface area (Å²) in [6.07, 6.45) is 15.2. The Balaban J connectivity index is 1.76. The van der Waals surface area contributed by atoms with E-state index in [0.717, 1.165) is 83.5 Å². The van der Waals surface area contributed by atoms with Crippen molar-refractivity contribution in [2.75, 3.05) is 19.8 Å². The number of hydrogen-bond acceptors (Lipinski definition) is 13. The van der Waals surface area contributed by atoms with Crippen LogP contribution in [-0.2, 0) is 23.7 Å². The first-order chi connectivity index (χ1) is 27.1. The maximum absolute atomic E-state index is 12.9. The van der Waals surface area contributed by atoms with Crippen LogP contribution in [0.2, 0.25) is 0 Å². The lowest BCUT2D eigenvalue weighted by Gasteiger charge is -2.46. The highest BCUT2D eigenvalue weighted by Crippen LogP contribution is 2.30. The van der Waals surface area contributed by atoms with E-state index in [1.165, 1.54) is 0 Å². The Kier molecular flexibility index (Phi) is 26.9. The molecule has 2 aliphatic heterocycles. The maximum Gasteiger partial charge on any atom is 0.220 e. The van der Waals surface area contributed by atoms with Crippen molar-refractivity contribution in [3.8, 4) is 0 Å². The molecule has 0 aliphatic carbocycles. The number of aliphatic hydroxyl groups is 8. The summed E-state index contributed by atoms with van der Waals surface area (Å²) in [6, 6.07) is -0.832. The molecule has 0 spiro atoms. The molecular weight excluding hydrogens is 726 g/mol. The molecule has 2 heterocycles. The van der Waals surface area contributed by atoms with Gasteiger partial charge in [0.15, 0.2) is 12.6 Å². The van der Waals surface area contributed by atoms with E-state index in [1.54, 1.807) is 0 Å². The highest BCUT2D eigenvalue weighted by molar-refractivity contribution is 5.76. The van der Waals surface area contributed by atoms with Crippen LogP contribution in [0.15, 0.2) is 48.6 Å². The number of hydrogen-bond donors (Lipinski definition) is 9. The molecule has 0 bridgehead atoms. The third-order valence-corrected chi connectivity index (χ3v) is 10.1. The van der Waals surface area contributed by atoms with Crippen molar-refractivity contribution in [1.82, 2.24) is 5.32 Å². The van der Waals surface area contributed by atoms with Gasteiger partial charge in [0.25, 0.3) is 0 Å². The summed E-state index contributed by atoms with van der Waals surface area (Å²) in [5.41, 5.74) is 0. The van der Waals surface area contributed by atoms with Gasteiger partial charge in [0, 0.05) is 6.42 Å². The number of rotatable bonds is 29. The highest BCUT2D eigenvalue weighted by atomic mass is 16.7. The molecule has 0 saturated carbocycles. The number of aliphatic hydroxyl groups excluding tert-OH is 8. The number of carbonyl (C=O) groups is 1. The predicted molar refractivity (Wildman–Crippen MR) is 212 cm³/mol. The number of nitrogens with one attached hydrogen (secondary N) is 1. The molecular formula is C42H73NO13. The van der Waals surface area contributed by atoms with Crippen LogP contribution in [0.25, 0.3) is 0 Å². The fourth-order valence-corrected chi connectivity index (χ4v) is 6.58. The van der Waals surface area contributed by atoms with E-state index in [1.807, 2.05) is 6.92 Å². The van der Waals surface area contributed by atoms with E-state index in [-0.39, 0.29) is 18.9 Å². The minimum atomic E-state index is -1.78. The smallest absolute Gasteiger partial charge is 0.220 e. The van der Waals surface area contributed by atoms with Gasteiger partial charge in [-0.2, -0.15) is 0 Å². The van der Waals surface area contributed by atoms with Gasteiger partial charge in [0.1, 0.15) is 48.8 Å². The second-order valence-corrected chi connectivity index (χ2v) is 14.7. The number of ether oxygens (including phenoxy) is 4. The Morgan fingerprint density at radius 3 is 1.86 bits per heavy atom. The molecule has 14 heteroatoms. The van der Waals surface area contributed by atoms with Gasteiger partial charge in [-0.1, -0.05) is 107 Å². The molecule has 14 nitrogen and oxygen atoms in total. The second kappa shape index (κ2) is 30.1. The van der Waals surface area contributed by atoms with Gasteiger partial charge in [-0.3, -0.25) is 4.79 Å². The zero-order valence-corrected chi connectivity index (χ0v) is 33.6. The standard InChI is InChI=1S/C42H73NO13/c1-3-5-7-8-9-10-11-12-13-14-15-16-17-18-19-20-21-22-24-26-34(47)43-30(31(46)25-23-6-4-2)29-53-41-39(52)37(50)40(33(28-45)55-41)56-42-38(51)36(49)35(48)32(27-44)54-42/h5,7,9-10,12-13,15-16,30-33,35-42,44-46,48-52H,3-4,6,8,11,14,17-29H2,1-2H3,(H,43,47)/b7-5-,10-9-,13-12-,16-15-. The molecule has 0 radical (unpaired) electrons. The van der Waals surface area contributed by atoms with Crippen LogP contribution in [0.4, 0.5) is 0 Å². The summed E-state index contributed by atoms with van der Waals surface area (Å²) in [5, 5.41) is 85.7. The molecule has 0 aromatic rings. The van der Waals surface area contributed by atoms with Crippen molar-refractivity contribution < 1.29 is 64.6 Å². The summed E-state index contributed by atoms with van der Waals surface area (Å²) in [4.78, 5) is 12.9. The van der Waals surface area contributed by atoms with Crippen molar-refractivity contribution in [3.05, 3.63) is 48.6 Å². The minimum absolute atomic E-state index is 0.237. The van der Waals surface area contributed by atoms with Gasteiger partial charge in [0.2, 0.25) is 5.91 Å². The van der Waals surface area contributed by atoms with Crippen LogP contribution in [0, 0.1) is 0 Å². The number of unbranched alkanes of at least 4 members (excludes halogenated alkanes) is 8. The molecule has 12 atom stereocenters. The summed E-state index contributed by atoms with van der Waals surface area (Å²) < 4.78 is 22.4. The van der Waals surface area contributed by atoms with Gasteiger partial charge < -0.3 is 65.1 Å². The Morgan fingerprint density at radius 1 is 0.661 bits per heavy atom. The van der Waals surface area contributed by atoms with Crippen molar-refractivity contribution in [3.63, 3.8) is 0 Å². The Bertz CT molecular complexity index is 1130. The average Bonchev–Trinajstić information content (AvgIpc) is 3.19. The van der Waals surface area contributed by atoms with Gasteiger partial charge in [0.05, 0.1) is 32.0 Å². The lowest BCUT2D eigenvalue weighted by Crippen LogP contribution is -2.65. The fourth-order valence-electron chi connectivity index (χ4n) is 6.58. The molecule has 1 amide bonds. The van der Waals surface area contributed by atoms with E-state index in [4.69, 9.17) is 18.9 Å². The Hall–Kier alpha value is -2.05. The van der Waals surface area contributed by atoms with Crippen LogP contribution < -0.4 is 5.32 Å². The maximum atomic E-state index is 12.9. The largest absolute Gasteiger partial charge is 0.394 e. The molecule has 2 saturated heterocycles. The summed E-state index contributed by atoms with van der Waals surface area (Å²) >= 11 is 0. The van der Waals surface area contributed by atoms with Crippen molar-refractivity contribution in [2.24, 2.45) is 0 Å². The second-order valence-electron chi connectivity index (χ2n) is 14.7. The molecule has 324 valence electrons. The van der Waals surface area contributed by atoms with E-state index in [2.05, 4.69) is 60.8 Å². The fraction of sp³-hybridized carbons (Fsp3) is 0.786. The SMILES string of the molecule is CC/C=C\C/C=C\C/C=C\C/C=C\CCCCCCCCC(=O)NC(COC1OC(CO)C(OC2OC(CO)C(O)C(O)C2O)C(O)C1O)C(O)CCCCC. The Morgan fingerprint density at radius 2 is 1.23 bits per heavy atom. The first kappa shape index (κ1) is 50.1. The number of amides is 1. The van der Waals surface area contributed by atoms with E-state index >= 15 is 0 Å². The third-order valence-electron chi connectivity index (χ3n) is 10.1. The van der Waals surface area contributed by atoms with Gasteiger partial charge in [-0.15, -0.1) is 0 Å². The van der Waals surface area contributed by atoms with Crippen molar-refractivity contribution in [1.29, 1.82) is 0 Å². The number of allylic oxidation sites excluding steroid dienone is 8. The van der Waals surface area contributed by atoms with Crippen molar-refractivity contribution in [2.45, 2.75) is 190 Å². The van der Waals surface area contributed by atoms with Crippen molar-refractivity contribution >= 4 is 5.91 Å². The molecule has 12 unspecified atom stereocenters. The monoisotopic (exact) mass is 800 g/mol. The predicted octanol–water partition coefficient (Wildman–Crippen LogP) is 2.98. The van der Waals surface area contributed by atoms with Gasteiger partial charge in [-0.05, 0) is 51.4 Å². The normalized spacial score (nSPS) is 29.9. The van der Waals surface area contributed by atoms with E-state index < -0.39 is 86.8 Å². The van der Waals surface area contributed by atoms with E-state index in [9.17, 15) is 45.6 Å². The molecule has 9 N–H and O–H groups in total. The minimum Gasteiger partial charge on any atom is -0.394 e. The quantitative estimate of drug-likeness (QED) is 0.0392. The van der Waals surface area contributed by atoms with Crippen LogP contribution in [-0.4, -0.2) is 140 Å². The summed E-state index contributed by atoms with van der Waals surface area (Å²) in [5.74, 6) is -0.237. The van der Waals surface area contributed by atoms with Gasteiger partial charge >= 0.3 is 0 Å². The molecule has 56 heavy (non-hydrogen) atoms. The van der Waals surface area contributed by atoms with E-state index in [0.29, 0.717) is 12.8 Å². The first-order valence-corrected chi connectivity index (χ1v) is 20.9. The number of carbonyl (C=O) groups excluding carboxylic acids is 1. The average molecular weight is 800 g/mol. The molecule has 0 aromatic carbocycles. The zero-order chi connectivity index (χ0) is 41.1. The third kappa shape index (κ3) is 18.7. The lowest BCUT2D eigenvalue weighted by molar-refractivity contribution is -0.359. The van der Waals surface area contributed by atoms with Crippen LogP contribution >= 0.6 is 0 Å². The Labute approximate surface area is 333 Å². The van der Waals surface area contributed by atoms with Crippen LogP contribution in [0.5, 0.6) is 0 Å². The molecule has 2 rings (SSSR count). The highest BCUT2D eigenvalue weighted by Gasteiger charge is 2.50. The molecule has 2 fully saturated rings. The van der Waals surface area contributed by atoms with Crippen LogP contribution in [0.1, 0.15) is 117 Å².